The molecule has 1 saturated heterocycles. The van der Waals surface area contributed by atoms with Gasteiger partial charge in [-0.15, -0.1) is 0 Å². The minimum Gasteiger partial charge on any atom is -0.424 e. The lowest BCUT2D eigenvalue weighted by molar-refractivity contribution is 0.0965. The maximum absolute atomic E-state index is 14.5. The summed E-state index contributed by atoms with van der Waals surface area (Å²) in [5.74, 6) is 2.16. The summed E-state index contributed by atoms with van der Waals surface area (Å²) in [5, 5.41) is 7.45. The Kier molecular flexibility index (Phi) is 4.43. The Bertz CT molecular complexity index is 1500. The van der Waals surface area contributed by atoms with Crippen molar-refractivity contribution in [2.24, 2.45) is 11.8 Å². The Balaban J connectivity index is 1.38. The number of anilines is 2. The van der Waals surface area contributed by atoms with Gasteiger partial charge in [0.15, 0.2) is 0 Å². The van der Waals surface area contributed by atoms with Gasteiger partial charge in [-0.3, -0.25) is 4.79 Å². The number of amides is 1. The smallest absolute Gasteiger partial charge is 0.325 e. The molecule has 4 heterocycles. The van der Waals surface area contributed by atoms with Gasteiger partial charge in [-0.05, 0) is 54.5 Å². The standard InChI is InChI=1S/C26H25FN6O2/c1-28-20-8-16(27)7-19-21-23(30-22(19)20)31-26(32-24(21)33-11-14-3-2-4-15(14)12-33)35-17-6-5-13-10-29-25(34)18(13)9-17/h5-9,14-15,28H,2-4,10-12H2,1H3,(H,29,34)(H,30,31,32)/t14-,15+. The number of aromatic nitrogens is 3. The second-order valence-corrected chi connectivity index (χ2v) is 9.76. The first-order chi connectivity index (χ1) is 17.1. The zero-order valence-electron chi connectivity index (χ0n) is 19.3. The van der Waals surface area contributed by atoms with E-state index >= 15 is 0 Å². The fraction of sp³-hybridized carbons (Fsp3) is 0.346. The van der Waals surface area contributed by atoms with Crippen LogP contribution >= 0.6 is 0 Å². The first-order valence-electron chi connectivity index (χ1n) is 12.1. The SMILES string of the molecule is CNc1cc(F)cc2c1[nH]c1nc(Oc3ccc4c(c3)C(=O)NC4)nc(N3C[C@H]4CCC[C@H]4C3)c12. The molecule has 0 unspecified atom stereocenters. The van der Waals surface area contributed by atoms with Crippen LogP contribution in [0.1, 0.15) is 35.2 Å². The van der Waals surface area contributed by atoms with Crippen molar-refractivity contribution in [1.29, 1.82) is 0 Å². The highest BCUT2D eigenvalue weighted by molar-refractivity contribution is 6.14. The van der Waals surface area contributed by atoms with E-state index in [0.29, 0.717) is 41.0 Å². The molecule has 4 aromatic rings. The van der Waals surface area contributed by atoms with Crippen molar-refractivity contribution in [2.75, 3.05) is 30.4 Å². The van der Waals surface area contributed by atoms with Crippen molar-refractivity contribution in [3.05, 3.63) is 47.3 Å². The van der Waals surface area contributed by atoms with Crippen LogP contribution in [-0.4, -0.2) is 41.0 Å². The summed E-state index contributed by atoms with van der Waals surface area (Å²) < 4.78 is 20.6. The third-order valence-electron chi connectivity index (χ3n) is 7.75. The van der Waals surface area contributed by atoms with E-state index in [2.05, 4.69) is 25.5 Å². The Labute approximate surface area is 200 Å². The highest BCUT2D eigenvalue weighted by Crippen LogP contribution is 2.43. The van der Waals surface area contributed by atoms with Crippen LogP contribution in [0.2, 0.25) is 0 Å². The lowest BCUT2D eigenvalue weighted by Crippen LogP contribution is -2.22. The number of ether oxygens (including phenoxy) is 1. The first kappa shape index (κ1) is 20.5. The molecule has 2 aromatic heterocycles. The van der Waals surface area contributed by atoms with E-state index in [1.54, 1.807) is 19.2 Å². The maximum Gasteiger partial charge on any atom is 0.325 e. The topological polar surface area (TPSA) is 95.2 Å². The number of H-pyrrole nitrogens is 1. The summed E-state index contributed by atoms with van der Waals surface area (Å²) in [6.45, 7) is 2.38. The van der Waals surface area contributed by atoms with Gasteiger partial charge in [0.25, 0.3) is 5.91 Å². The zero-order chi connectivity index (χ0) is 23.7. The normalized spacial score (nSPS) is 21.0. The van der Waals surface area contributed by atoms with Gasteiger partial charge in [-0.25, -0.2) is 4.39 Å². The number of nitrogens with zero attached hydrogens (tertiary/aromatic N) is 3. The van der Waals surface area contributed by atoms with Crippen LogP contribution in [0.15, 0.2) is 30.3 Å². The number of halogens is 1. The molecule has 1 amide bonds. The summed E-state index contributed by atoms with van der Waals surface area (Å²) in [4.78, 5) is 27.3. The number of rotatable bonds is 4. The quantitative estimate of drug-likeness (QED) is 0.403. The van der Waals surface area contributed by atoms with Crippen LogP contribution in [0.4, 0.5) is 15.9 Å². The molecule has 8 nitrogen and oxygen atoms in total. The fourth-order valence-corrected chi connectivity index (χ4v) is 6.06. The Morgan fingerprint density at radius 3 is 2.77 bits per heavy atom. The molecule has 3 aliphatic rings. The summed E-state index contributed by atoms with van der Waals surface area (Å²) in [7, 11) is 1.77. The van der Waals surface area contributed by atoms with Crippen LogP contribution < -0.4 is 20.3 Å². The molecule has 7 rings (SSSR count). The minimum atomic E-state index is -0.316. The average Bonchev–Trinajstić information content (AvgIpc) is 3.61. The van der Waals surface area contributed by atoms with Gasteiger partial charge in [-0.2, -0.15) is 9.97 Å². The largest absolute Gasteiger partial charge is 0.424 e. The molecule has 0 radical (unpaired) electrons. The lowest BCUT2D eigenvalue weighted by Gasteiger charge is -2.20. The second-order valence-electron chi connectivity index (χ2n) is 9.76. The van der Waals surface area contributed by atoms with E-state index in [1.165, 1.54) is 25.3 Å². The molecule has 0 spiro atoms. The van der Waals surface area contributed by atoms with Crippen LogP contribution in [0.25, 0.3) is 21.9 Å². The molecule has 2 aliphatic heterocycles. The van der Waals surface area contributed by atoms with Crippen LogP contribution in [-0.2, 0) is 6.54 Å². The van der Waals surface area contributed by atoms with Crippen molar-refractivity contribution in [3.63, 3.8) is 0 Å². The number of fused-ring (bicyclic) bond motifs is 5. The second kappa shape index (κ2) is 7.56. The Hall–Kier alpha value is -3.88. The minimum absolute atomic E-state index is 0.108. The predicted molar refractivity (Wildman–Crippen MR) is 132 cm³/mol. The van der Waals surface area contributed by atoms with Crippen LogP contribution in [0.3, 0.4) is 0 Å². The number of carbonyl (C=O) groups excluding carboxylic acids is 1. The monoisotopic (exact) mass is 472 g/mol. The van der Waals surface area contributed by atoms with Gasteiger partial charge in [0.1, 0.15) is 23.0 Å². The summed E-state index contributed by atoms with van der Waals surface area (Å²) in [6, 6.07) is 8.64. The summed E-state index contributed by atoms with van der Waals surface area (Å²) in [5.41, 5.74) is 3.59. The van der Waals surface area contributed by atoms with E-state index in [0.717, 1.165) is 40.8 Å². The lowest BCUT2D eigenvalue weighted by atomic mass is 10.0. The molecule has 9 heteroatoms. The molecule has 2 atom stereocenters. The highest BCUT2D eigenvalue weighted by atomic mass is 19.1. The van der Waals surface area contributed by atoms with Gasteiger partial charge in [0.05, 0.1) is 16.6 Å². The van der Waals surface area contributed by atoms with E-state index in [9.17, 15) is 9.18 Å². The molecule has 3 N–H and O–H groups in total. The van der Waals surface area contributed by atoms with Crippen molar-refractivity contribution >= 4 is 39.3 Å². The first-order valence-corrected chi connectivity index (χ1v) is 12.1. The van der Waals surface area contributed by atoms with Gasteiger partial charge in [-0.1, -0.05) is 12.5 Å². The number of hydrogen-bond donors (Lipinski definition) is 3. The Morgan fingerprint density at radius 2 is 1.97 bits per heavy atom. The molecule has 2 fully saturated rings. The van der Waals surface area contributed by atoms with Crippen molar-refractivity contribution in [1.82, 2.24) is 20.3 Å². The van der Waals surface area contributed by atoms with Crippen molar-refractivity contribution in [2.45, 2.75) is 25.8 Å². The van der Waals surface area contributed by atoms with Crippen LogP contribution in [0.5, 0.6) is 11.8 Å². The van der Waals surface area contributed by atoms with E-state index in [1.807, 2.05) is 12.1 Å². The Morgan fingerprint density at radius 1 is 1.14 bits per heavy atom. The molecule has 0 bridgehead atoms. The maximum atomic E-state index is 14.5. The summed E-state index contributed by atoms with van der Waals surface area (Å²) >= 11 is 0. The fourth-order valence-electron chi connectivity index (χ4n) is 6.06. The molecule has 2 aromatic carbocycles. The number of aromatic amines is 1. The molecular weight excluding hydrogens is 447 g/mol. The molecule has 1 saturated carbocycles. The number of hydrogen-bond acceptors (Lipinski definition) is 6. The van der Waals surface area contributed by atoms with E-state index < -0.39 is 0 Å². The van der Waals surface area contributed by atoms with E-state index in [-0.39, 0.29) is 17.7 Å². The third kappa shape index (κ3) is 3.21. The van der Waals surface area contributed by atoms with Crippen molar-refractivity contribution < 1.29 is 13.9 Å². The molecular formula is C26H25FN6O2. The summed E-state index contributed by atoms with van der Waals surface area (Å²) in [6.07, 6.45) is 3.76. The third-order valence-corrected chi connectivity index (χ3v) is 7.75. The van der Waals surface area contributed by atoms with Gasteiger partial charge < -0.3 is 25.3 Å². The van der Waals surface area contributed by atoms with E-state index in [4.69, 9.17) is 9.72 Å². The highest BCUT2D eigenvalue weighted by Gasteiger charge is 2.38. The average molecular weight is 473 g/mol. The molecule has 1 aliphatic carbocycles. The van der Waals surface area contributed by atoms with Gasteiger partial charge in [0.2, 0.25) is 0 Å². The van der Waals surface area contributed by atoms with Gasteiger partial charge in [0, 0.05) is 37.6 Å². The number of benzene rings is 2. The number of nitrogens with one attached hydrogen (secondary N) is 3. The van der Waals surface area contributed by atoms with Crippen molar-refractivity contribution in [3.8, 4) is 11.8 Å². The molecule has 178 valence electrons. The molecule has 35 heavy (non-hydrogen) atoms. The van der Waals surface area contributed by atoms with Gasteiger partial charge >= 0.3 is 6.01 Å². The zero-order valence-corrected chi connectivity index (χ0v) is 19.3. The predicted octanol–water partition coefficient (Wildman–Crippen LogP) is 4.56. The van der Waals surface area contributed by atoms with Crippen LogP contribution in [0, 0.1) is 17.7 Å². The number of carbonyl (C=O) groups is 1.